The van der Waals surface area contributed by atoms with Crippen molar-refractivity contribution in [1.29, 1.82) is 0 Å². The van der Waals surface area contributed by atoms with Crippen molar-refractivity contribution in [2.45, 2.75) is 25.8 Å². The van der Waals surface area contributed by atoms with Gasteiger partial charge in [-0.3, -0.25) is 4.90 Å². The number of aryl methyl sites for hydroxylation is 1. The number of nitrogens with zero attached hydrogens (tertiary/aromatic N) is 2. The second kappa shape index (κ2) is 5.29. The van der Waals surface area contributed by atoms with Crippen LogP contribution in [-0.4, -0.2) is 33.6 Å². The number of hydrogen-bond acceptors (Lipinski definition) is 2. The highest BCUT2D eigenvalue weighted by molar-refractivity contribution is 6.02. The van der Waals surface area contributed by atoms with Gasteiger partial charge < -0.3 is 9.67 Å². The Morgan fingerprint density at radius 3 is 2.70 bits per heavy atom. The molecule has 1 fully saturated rings. The van der Waals surface area contributed by atoms with Crippen LogP contribution in [0.5, 0.6) is 0 Å². The van der Waals surface area contributed by atoms with Gasteiger partial charge in [0.15, 0.2) is 0 Å². The van der Waals surface area contributed by atoms with Gasteiger partial charge in [0.25, 0.3) is 0 Å². The fraction of sp³-hybridized carbons (Fsp3) is 0.438. The molecule has 0 amide bonds. The molecule has 0 spiro atoms. The molecule has 1 saturated heterocycles. The van der Waals surface area contributed by atoms with Crippen LogP contribution in [0.15, 0.2) is 24.3 Å². The van der Waals surface area contributed by atoms with Crippen LogP contribution in [0.2, 0.25) is 0 Å². The van der Waals surface area contributed by atoms with Crippen LogP contribution in [0, 0.1) is 0 Å². The number of hydrogen-bond donors (Lipinski definition) is 1. The second-order valence-corrected chi connectivity index (χ2v) is 5.58. The Morgan fingerprint density at radius 2 is 2.00 bits per heavy atom. The molecule has 0 unspecified atom stereocenters. The quantitative estimate of drug-likeness (QED) is 0.934. The number of aromatic nitrogens is 1. The summed E-state index contributed by atoms with van der Waals surface area (Å²) in [6, 6.07) is 7.60. The summed E-state index contributed by atoms with van der Waals surface area (Å²) < 4.78 is 2.04. The minimum absolute atomic E-state index is 0.384. The molecular weight excluding hydrogens is 252 g/mol. The molecule has 0 aliphatic carbocycles. The average Bonchev–Trinajstić information content (AvgIpc) is 2.77. The molecular formula is C16H20N2O2. The molecule has 106 valence electrons. The van der Waals surface area contributed by atoms with Gasteiger partial charge in [-0.1, -0.05) is 18.6 Å². The zero-order valence-electron chi connectivity index (χ0n) is 11.8. The molecule has 1 aromatic heterocycles. The summed E-state index contributed by atoms with van der Waals surface area (Å²) in [4.78, 5) is 13.8. The second-order valence-electron chi connectivity index (χ2n) is 5.58. The molecule has 0 atom stereocenters. The number of carbonyl (C=O) groups is 1. The van der Waals surface area contributed by atoms with Crippen LogP contribution in [0.1, 0.15) is 35.3 Å². The van der Waals surface area contributed by atoms with Gasteiger partial charge in [0.1, 0.15) is 0 Å². The van der Waals surface area contributed by atoms with Crippen molar-refractivity contribution >= 4 is 16.9 Å². The third-order valence-corrected chi connectivity index (χ3v) is 4.22. The largest absolute Gasteiger partial charge is 0.478 e. The SMILES string of the molecule is Cn1c(CN2CCCCC2)cc2cccc(C(=O)O)c21. The smallest absolute Gasteiger partial charge is 0.337 e. The molecule has 2 heterocycles. The molecule has 0 radical (unpaired) electrons. The third-order valence-electron chi connectivity index (χ3n) is 4.22. The highest BCUT2D eigenvalue weighted by atomic mass is 16.4. The van der Waals surface area contributed by atoms with E-state index in [-0.39, 0.29) is 0 Å². The summed E-state index contributed by atoms with van der Waals surface area (Å²) in [5, 5.41) is 10.3. The first-order valence-corrected chi connectivity index (χ1v) is 7.20. The molecule has 20 heavy (non-hydrogen) atoms. The lowest BCUT2D eigenvalue weighted by molar-refractivity contribution is 0.0698. The van der Waals surface area contributed by atoms with Crippen molar-refractivity contribution in [3.8, 4) is 0 Å². The lowest BCUT2D eigenvalue weighted by Crippen LogP contribution is -2.29. The lowest BCUT2D eigenvalue weighted by atomic mass is 10.1. The average molecular weight is 272 g/mol. The van der Waals surface area contributed by atoms with Crippen molar-refractivity contribution in [3.63, 3.8) is 0 Å². The van der Waals surface area contributed by atoms with Crippen molar-refractivity contribution in [1.82, 2.24) is 9.47 Å². The summed E-state index contributed by atoms with van der Waals surface area (Å²) in [6.07, 6.45) is 3.86. The van der Waals surface area contributed by atoms with E-state index in [2.05, 4.69) is 11.0 Å². The highest BCUT2D eigenvalue weighted by Crippen LogP contribution is 2.24. The predicted molar refractivity (Wildman–Crippen MR) is 79.0 cm³/mol. The van der Waals surface area contributed by atoms with Crippen molar-refractivity contribution < 1.29 is 9.90 Å². The van der Waals surface area contributed by atoms with Crippen LogP contribution < -0.4 is 0 Å². The number of rotatable bonds is 3. The van der Waals surface area contributed by atoms with Crippen molar-refractivity contribution in [2.24, 2.45) is 7.05 Å². The Kier molecular flexibility index (Phi) is 3.49. The molecule has 0 saturated carbocycles. The van der Waals surface area contributed by atoms with Gasteiger partial charge in [-0.15, -0.1) is 0 Å². The van der Waals surface area contributed by atoms with Gasteiger partial charge in [-0.2, -0.15) is 0 Å². The molecule has 2 aromatic rings. The molecule has 1 aromatic carbocycles. The Bertz CT molecular complexity index is 639. The Balaban J connectivity index is 1.98. The standard InChI is InChI=1S/C16H20N2O2/c1-17-13(11-18-8-3-2-4-9-18)10-12-6-5-7-14(15(12)17)16(19)20/h5-7,10H,2-4,8-9,11H2,1H3,(H,19,20). The minimum atomic E-state index is -0.860. The number of para-hydroxylation sites is 1. The van der Waals surface area contributed by atoms with Gasteiger partial charge in [0.05, 0.1) is 11.1 Å². The Labute approximate surface area is 118 Å². The fourth-order valence-electron chi connectivity index (χ4n) is 3.14. The topological polar surface area (TPSA) is 45.5 Å². The molecule has 1 N–H and O–H groups in total. The molecule has 0 bridgehead atoms. The number of carboxylic acids is 1. The van der Waals surface area contributed by atoms with E-state index in [1.54, 1.807) is 6.07 Å². The van der Waals surface area contributed by atoms with Crippen LogP contribution in [-0.2, 0) is 13.6 Å². The summed E-state index contributed by atoms with van der Waals surface area (Å²) in [5.41, 5.74) is 2.40. The van der Waals surface area contributed by atoms with Gasteiger partial charge in [0, 0.05) is 24.7 Å². The van der Waals surface area contributed by atoms with Crippen molar-refractivity contribution in [3.05, 3.63) is 35.5 Å². The first-order chi connectivity index (χ1) is 9.66. The number of aromatic carboxylic acids is 1. The monoisotopic (exact) mass is 272 g/mol. The zero-order chi connectivity index (χ0) is 14.1. The van der Waals surface area contributed by atoms with E-state index >= 15 is 0 Å². The van der Waals surface area contributed by atoms with Crippen molar-refractivity contribution in [2.75, 3.05) is 13.1 Å². The fourth-order valence-corrected chi connectivity index (χ4v) is 3.14. The Morgan fingerprint density at radius 1 is 1.25 bits per heavy atom. The van der Waals surface area contributed by atoms with Gasteiger partial charge in [-0.05, 0) is 38.1 Å². The normalized spacial score (nSPS) is 16.6. The number of carboxylic acid groups (broad SMARTS) is 1. The Hall–Kier alpha value is -1.81. The van der Waals surface area contributed by atoms with Gasteiger partial charge >= 0.3 is 5.97 Å². The molecule has 1 aliphatic rings. The van der Waals surface area contributed by atoms with E-state index in [0.29, 0.717) is 5.56 Å². The van der Waals surface area contributed by atoms with Crippen LogP contribution >= 0.6 is 0 Å². The highest BCUT2D eigenvalue weighted by Gasteiger charge is 2.16. The number of fused-ring (bicyclic) bond motifs is 1. The van der Waals surface area contributed by atoms with Crippen LogP contribution in [0.25, 0.3) is 10.9 Å². The van der Waals surface area contributed by atoms with Crippen LogP contribution in [0.4, 0.5) is 0 Å². The first-order valence-electron chi connectivity index (χ1n) is 7.20. The van der Waals surface area contributed by atoms with Gasteiger partial charge in [0.2, 0.25) is 0 Å². The summed E-state index contributed by atoms with van der Waals surface area (Å²) in [7, 11) is 1.97. The van der Waals surface area contributed by atoms with E-state index in [4.69, 9.17) is 0 Å². The number of benzene rings is 1. The summed E-state index contributed by atoms with van der Waals surface area (Å²) >= 11 is 0. The molecule has 3 rings (SSSR count). The maximum Gasteiger partial charge on any atom is 0.337 e. The maximum absolute atomic E-state index is 11.3. The first kappa shape index (κ1) is 13.2. The zero-order valence-corrected chi connectivity index (χ0v) is 11.8. The minimum Gasteiger partial charge on any atom is -0.478 e. The van der Waals surface area contributed by atoms with Gasteiger partial charge in [-0.25, -0.2) is 4.79 Å². The van der Waals surface area contributed by atoms with Crippen LogP contribution in [0.3, 0.4) is 0 Å². The maximum atomic E-state index is 11.3. The van der Waals surface area contributed by atoms with E-state index in [0.717, 1.165) is 30.5 Å². The summed E-state index contributed by atoms with van der Waals surface area (Å²) in [6.45, 7) is 3.20. The predicted octanol–water partition coefficient (Wildman–Crippen LogP) is 2.86. The van der Waals surface area contributed by atoms with E-state index in [9.17, 15) is 9.90 Å². The summed E-state index contributed by atoms with van der Waals surface area (Å²) in [5.74, 6) is -0.860. The third kappa shape index (κ3) is 2.31. The molecule has 4 nitrogen and oxygen atoms in total. The van der Waals surface area contributed by atoms with E-state index < -0.39 is 5.97 Å². The van der Waals surface area contributed by atoms with E-state index in [1.165, 1.54) is 25.0 Å². The number of piperidine rings is 1. The molecule has 4 heteroatoms. The van der Waals surface area contributed by atoms with E-state index in [1.807, 2.05) is 23.7 Å². The number of likely N-dealkylation sites (tertiary alicyclic amines) is 1. The lowest BCUT2D eigenvalue weighted by Gasteiger charge is -2.26. The molecule has 1 aliphatic heterocycles.